The number of benzene rings is 2. The van der Waals surface area contributed by atoms with Crippen molar-refractivity contribution >= 4 is 17.5 Å². The second-order valence-corrected chi connectivity index (χ2v) is 8.90. The van der Waals surface area contributed by atoms with E-state index in [-0.39, 0.29) is 29.9 Å². The van der Waals surface area contributed by atoms with Crippen LogP contribution in [0.15, 0.2) is 42.5 Å². The van der Waals surface area contributed by atoms with Crippen LogP contribution in [-0.4, -0.2) is 81.8 Å². The van der Waals surface area contributed by atoms with Crippen molar-refractivity contribution in [3.8, 4) is 11.5 Å². The van der Waals surface area contributed by atoms with Gasteiger partial charge in [-0.15, -0.1) is 0 Å². The molecule has 1 aliphatic rings. The Morgan fingerprint density at radius 2 is 1.82 bits per heavy atom. The van der Waals surface area contributed by atoms with Crippen molar-refractivity contribution in [2.24, 2.45) is 5.92 Å². The molecule has 184 valence electrons. The van der Waals surface area contributed by atoms with Gasteiger partial charge in [-0.25, -0.2) is 0 Å². The summed E-state index contributed by atoms with van der Waals surface area (Å²) in [5.74, 6) is 0.659. The van der Waals surface area contributed by atoms with Gasteiger partial charge in [0.25, 0.3) is 11.8 Å². The Labute approximate surface area is 201 Å². The smallest absolute Gasteiger partial charge is 0.259 e. The van der Waals surface area contributed by atoms with Crippen molar-refractivity contribution < 1.29 is 23.8 Å². The van der Waals surface area contributed by atoms with E-state index in [1.807, 2.05) is 0 Å². The molecule has 0 fully saturated rings. The van der Waals surface area contributed by atoms with Crippen molar-refractivity contribution in [1.29, 1.82) is 0 Å². The minimum Gasteiger partial charge on any atom is -0.496 e. The summed E-state index contributed by atoms with van der Waals surface area (Å²) in [6, 6.07) is 12.3. The van der Waals surface area contributed by atoms with Gasteiger partial charge < -0.3 is 24.4 Å². The first-order valence-corrected chi connectivity index (χ1v) is 11.4. The molecule has 1 aliphatic heterocycles. The van der Waals surface area contributed by atoms with Crippen LogP contribution in [0.3, 0.4) is 0 Å². The molecular formula is C26H35N3O5. The number of methoxy groups -OCH3 is 2. The van der Waals surface area contributed by atoms with Gasteiger partial charge in [0.1, 0.15) is 18.1 Å². The molecule has 2 aromatic rings. The normalized spacial score (nSPS) is 22.1. The number of carbonyl (C=O) groups excluding carboxylic acids is 2. The maximum atomic E-state index is 13.4. The van der Waals surface area contributed by atoms with Crippen molar-refractivity contribution in [3.63, 3.8) is 0 Å². The summed E-state index contributed by atoms with van der Waals surface area (Å²) in [4.78, 5) is 30.2. The molecule has 1 heterocycles. The van der Waals surface area contributed by atoms with Crippen molar-refractivity contribution in [2.75, 3.05) is 53.3 Å². The van der Waals surface area contributed by atoms with E-state index in [9.17, 15) is 9.59 Å². The van der Waals surface area contributed by atoms with Gasteiger partial charge in [0.05, 0.1) is 24.3 Å². The molecule has 8 heteroatoms. The first-order chi connectivity index (χ1) is 16.2. The van der Waals surface area contributed by atoms with E-state index in [4.69, 9.17) is 14.2 Å². The molecule has 2 amide bonds. The van der Waals surface area contributed by atoms with Gasteiger partial charge in [0.15, 0.2) is 0 Å². The number of ether oxygens (including phenoxy) is 3. The van der Waals surface area contributed by atoms with E-state index < -0.39 is 0 Å². The van der Waals surface area contributed by atoms with Crippen molar-refractivity contribution in [2.45, 2.75) is 26.0 Å². The number of hydrogen-bond donors (Lipinski definition) is 1. The molecule has 2 aromatic carbocycles. The summed E-state index contributed by atoms with van der Waals surface area (Å²) >= 11 is 0. The molecule has 0 spiro atoms. The molecule has 0 aromatic heterocycles. The number of para-hydroxylation sites is 1. The number of rotatable bonds is 4. The number of carbonyl (C=O) groups is 2. The van der Waals surface area contributed by atoms with Crippen LogP contribution in [0.2, 0.25) is 0 Å². The Bertz CT molecular complexity index is 1010. The topological polar surface area (TPSA) is 80.3 Å². The van der Waals surface area contributed by atoms with E-state index >= 15 is 0 Å². The highest BCUT2D eigenvalue weighted by Gasteiger charge is 2.27. The second kappa shape index (κ2) is 11.4. The number of fused-ring (bicyclic) bond motifs is 1. The minimum absolute atomic E-state index is 0.110. The number of nitrogens with one attached hydrogen (secondary N) is 1. The Balaban J connectivity index is 1.92. The lowest BCUT2D eigenvalue weighted by molar-refractivity contribution is 0.0150. The quantitative estimate of drug-likeness (QED) is 0.740. The number of likely N-dealkylation sites (N-methyl/N-ethyl adjacent to an activating group) is 2. The second-order valence-electron chi connectivity index (χ2n) is 8.90. The van der Waals surface area contributed by atoms with Crippen LogP contribution in [0.1, 0.15) is 34.6 Å². The zero-order valence-electron chi connectivity index (χ0n) is 20.8. The monoisotopic (exact) mass is 469 g/mol. The summed E-state index contributed by atoms with van der Waals surface area (Å²) in [5, 5.41) is 2.87. The molecule has 3 rings (SSSR count). The van der Waals surface area contributed by atoms with Crippen molar-refractivity contribution in [1.82, 2.24) is 9.80 Å². The molecule has 0 saturated heterocycles. The molecule has 0 bridgehead atoms. The van der Waals surface area contributed by atoms with Crippen LogP contribution in [0.25, 0.3) is 0 Å². The van der Waals surface area contributed by atoms with Gasteiger partial charge in [0, 0.05) is 39.0 Å². The van der Waals surface area contributed by atoms with Gasteiger partial charge >= 0.3 is 0 Å². The lowest BCUT2D eigenvalue weighted by Crippen LogP contribution is -2.45. The van der Waals surface area contributed by atoms with E-state index in [2.05, 4.69) is 31.1 Å². The number of amides is 2. The van der Waals surface area contributed by atoms with Crippen LogP contribution in [-0.2, 0) is 4.74 Å². The van der Waals surface area contributed by atoms with Crippen LogP contribution in [0, 0.1) is 5.92 Å². The van der Waals surface area contributed by atoms with Crippen molar-refractivity contribution in [3.05, 3.63) is 53.6 Å². The fraction of sp³-hybridized carbons (Fsp3) is 0.462. The third-order valence-electron chi connectivity index (χ3n) is 6.37. The number of anilines is 1. The maximum Gasteiger partial charge on any atom is 0.259 e. The highest BCUT2D eigenvalue weighted by molar-refractivity contribution is 6.07. The summed E-state index contributed by atoms with van der Waals surface area (Å²) in [6.07, 6.45) is -0.110. The third kappa shape index (κ3) is 5.87. The van der Waals surface area contributed by atoms with E-state index in [0.29, 0.717) is 41.5 Å². The van der Waals surface area contributed by atoms with Gasteiger partial charge in [-0.3, -0.25) is 14.5 Å². The Hall–Kier alpha value is -3.10. The van der Waals surface area contributed by atoms with Crippen LogP contribution >= 0.6 is 0 Å². The van der Waals surface area contributed by atoms with Gasteiger partial charge in [0.2, 0.25) is 0 Å². The standard InChI is InChI=1S/C26H35N3O5/c1-17-14-28(3)18(2)16-34-23-12-11-19(13-21(23)26(31)29(4)15-24(17)33-6)27-25(30)20-9-7-8-10-22(20)32-5/h7-13,17-18,24H,14-16H2,1-6H3,(H,27,30)/t17-,18-,24+/m0/s1. The Kier molecular flexibility index (Phi) is 8.52. The summed E-state index contributed by atoms with van der Waals surface area (Å²) in [5.41, 5.74) is 1.29. The summed E-state index contributed by atoms with van der Waals surface area (Å²) < 4.78 is 17.1. The fourth-order valence-corrected chi connectivity index (χ4v) is 4.07. The lowest BCUT2D eigenvalue weighted by Gasteiger charge is -2.34. The average Bonchev–Trinajstić information content (AvgIpc) is 2.84. The first kappa shape index (κ1) is 25.5. The van der Waals surface area contributed by atoms with E-state index in [1.54, 1.807) is 61.5 Å². The Morgan fingerprint density at radius 3 is 2.53 bits per heavy atom. The number of nitrogens with zero attached hydrogens (tertiary/aromatic N) is 2. The molecule has 8 nitrogen and oxygen atoms in total. The highest BCUT2D eigenvalue weighted by Crippen LogP contribution is 2.27. The largest absolute Gasteiger partial charge is 0.496 e. The predicted octanol–water partition coefficient (Wildman–Crippen LogP) is 3.38. The molecule has 0 radical (unpaired) electrons. The zero-order chi connectivity index (χ0) is 24.8. The Morgan fingerprint density at radius 1 is 1.09 bits per heavy atom. The number of hydrogen-bond acceptors (Lipinski definition) is 6. The molecular weight excluding hydrogens is 434 g/mol. The maximum absolute atomic E-state index is 13.4. The molecule has 0 unspecified atom stereocenters. The van der Waals surface area contributed by atoms with Crippen LogP contribution in [0.4, 0.5) is 5.69 Å². The fourth-order valence-electron chi connectivity index (χ4n) is 4.07. The van der Waals surface area contributed by atoms with Gasteiger partial charge in [-0.05, 0) is 50.2 Å². The summed E-state index contributed by atoms with van der Waals surface area (Å²) in [6.45, 7) is 5.91. The minimum atomic E-state index is -0.323. The molecule has 3 atom stereocenters. The molecule has 0 aliphatic carbocycles. The predicted molar refractivity (Wildman–Crippen MR) is 132 cm³/mol. The molecule has 34 heavy (non-hydrogen) atoms. The molecule has 1 N–H and O–H groups in total. The van der Waals surface area contributed by atoms with E-state index in [1.165, 1.54) is 7.11 Å². The zero-order valence-corrected chi connectivity index (χ0v) is 20.8. The SMILES string of the molecule is COc1ccccc1C(=O)Nc1ccc2c(c1)C(=O)N(C)C[C@@H](OC)[C@@H](C)CN(C)[C@@H](C)CO2. The summed E-state index contributed by atoms with van der Waals surface area (Å²) in [7, 11) is 7.02. The third-order valence-corrected chi connectivity index (χ3v) is 6.37. The van der Waals surface area contributed by atoms with Gasteiger partial charge in [-0.1, -0.05) is 19.1 Å². The first-order valence-electron chi connectivity index (χ1n) is 11.4. The van der Waals surface area contributed by atoms with Gasteiger partial charge in [-0.2, -0.15) is 0 Å². The molecule has 0 saturated carbocycles. The lowest BCUT2D eigenvalue weighted by atomic mass is 10.0. The highest BCUT2D eigenvalue weighted by atomic mass is 16.5. The average molecular weight is 470 g/mol. The van der Waals surface area contributed by atoms with Crippen LogP contribution in [0.5, 0.6) is 11.5 Å². The van der Waals surface area contributed by atoms with Crippen LogP contribution < -0.4 is 14.8 Å². The van der Waals surface area contributed by atoms with E-state index in [0.717, 1.165) is 6.54 Å².